The van der Waals surface area contributed by atoms with E-state index in [2.05, 4.69) is 33.4 Å². The van der Waals surface area contributed by atoms with Gasteiger partial charge in [0.15, 0.2) is 0 Å². The van der Waals surface area contributed by atoms with E-state index in [0.29, 0.717) is 23.7 Å². The second kappa shape index (κ2) is 4.69. The van der Waals surface area contributed by atoms with Gasteiger partial charge in [-0.15, -0.1) is 0 Å². The fraction of sp³-hybridized carbons (Fsp3) is 0.444. The van der Waals surface area contributed by atoms with Gasteiger partial charge in [0.2, 0.25) is 11.8 Å². The van der Waals surface area contributed by atoms with Gasteiger partial charge in [0.25, 0.3) is 0 Å². The maximum atomic E-state index is 12.8. The Hall–Kier alpha value is -1.62. The molecule has 118 valence electrons. The van der Waals surface area contributed by atoms with Gasteiger partial charge in [0, 0.05) is 10.2 Å². The number of hydrogen-bond donors (Lipinski definition) is 1. The molecule has 0 aromatic heterocycles. The van der Waals surface area contributed by atoms with Crippen LogP contribution in [0.1, 0.15) is 6.42 Å². The van der Waals surface area contributed by atoms with Crippen molar-refractivity contribution >= 4 is 33.4 Å². The normalized spacial score (nSPS) is 39.4. The molecule has 1 N–H and O–H groups in total. The molecule has 1 aromatic carbocycles. The first kappa shape index (κ1) is 13.8. The number of hydrogen-bond acceptors (Lipinski definition) is 3. The van der Waals surface area contributed by atoms with E-state index in [4.69, 9.17) is 0 Å². The number of nitrogens with one attached hydrogen (secondary N) is 1. The predicted molar refractivity (Wildman–Crippen MR) is 89.2 cm³/mol. The lowest BCUT2D eigenvalue weighted by atomic mass is 9.63. The lowest BCUT2D eigenvalue weighted by Crippen LogP contribution is -2.40. The van der Waals surface area contributed by atoms with Gasteiger partial charge in [-0.25, -0.2) is 0 Å². The maximum absolute atomic E-state index is 12.8. The molecule has 5 aliphatic rings. The van der Waals surface area contributed by atoms with Crippen LogP contribution in [-0.4, -0.2) is 23.4 Å². The van der Waals surface area contributed by atoms with E-state index >= 15 is 0 Å². The molecule has 6 rings (SSSR count). The Bertz CT molecular complexity index is 693. The van der Waals surface area contributed by atoms with E-state index in [0.717, 1.165) is 10.2 Å². The van der Waals surface area contributed by atoms with Crippen LogP contribution in [0.5, 0.6) is 0 Å². The average Bonchev–Trinajstić information content (AvgIpc) is 3.33. The molecule has 1 saturated heterocycles. The highest BCUT2D eigenvalue weighted by atomic mass is 79.9. The summed E-state index contributed by atoms with van der Waals surface area (Å²) in [5, 5.41) is 3.20. The number of amides is 2. The van der Waals surface area contributed by atoms with Gasteiger partial charge in [-0.1, -0.05) is 28.1 Å². The SMILES string of the molecule is O=C1[C@@H]2[C@@H]3C=C[C@H]([C@@H]4C[C@@H]34)[C@@H]2C(=O)N1CNc1ccc(Br)cc1. The monoisotopic (exact) mass is 372 g/mol. The third kappa shape index (κ3) is 1.89. The highest BCUT2D eigenvalue weighted by Gasteiger charge is 2.66. The summed E-state index contributed by atoms with van der Waals surface area (Å²) >= 11 is 3.40. The number of benzene rings is 1. The number of imide groups is 1. The zero-order valence-electron chi connectivity index (χ0n) is 12.5. The van der Waals surface area contributed by atoms with Crippen LogP contribution in [0.2, 0.25) is 0 Å². The molecule has 1 heterocycles. The first-order chi connectivity index (χ1) is 11.1. The van der Waals surface area contributed by atoms with Crippen molar-refractivity contribution in [1.82, 2.24) is 4.90 Å². The van der Waals surface area contributed by atoms with Crippen molar-refractivity contribution in [2.75, 3.05) is 12.0 Å². The molecule has 4 nitrogen and oxygen atoms in total. The van der Waals surface area contributed by atoms with Crippen LogP contribution in [0.15, 0.2) is 40.9 Å². The Morgan fingerprint density at radius 1 is 1.00 bits per heavy atom. The van der Waals surface area contributed by atoms with Gasteiger partial charge in [-0.2, -0.15) is 0 Å². The van der Waals surface area contributed by atoms with Crippen molar-refractivity contribution in [2.45, 2.75) is 6.42 Å². The minimum atomic E-state index is -0.104. The van der Waals surface area contributed by atoms with Crippen molar-refractivity contribution in [1.29, 1.82) is 0 Å². The fourth-order valence-corrected chi connectivity index (χ4v) is 5.18. The molecule has 2 amide bonds. The molecule has 0 radical (unpaired) electrons. The summed E-state index contributed by atoms with van der Waals surface area (Å²) in [5.41, 5.74) is 0.910. The van der Waals surface area contributed by atoms with Crippen LogP contribution in [0.25, 0.3) is 0 Å². The van der Waals surface area contributed by atoms with Crippen molar-refractivity contribution in [3.05, 3.63) is 40.9 Å². The number of rotatable bonds is 3. The Labute approximate surface area is 143 Å². The van der Waals surface area contributed by atoms with Crippen LogP contribution < -0.4 is 5.32 Å². The van der Waals surface area contributed by atoms with Gasteiger partial charge in [-0.3, -0.25) is 14.5 Å². The molecule has 2 saturated carbocycles. The molecular formula is C18H17BrN2O2. The fourth-order valence-electron chi connectivity index (χ4n) is 4.91. The zero-order valence-corrected chi connectivity index (χ0v) is 14.1. The van der Waals surface area contributed by atoms with Crippen molar-refractivity contribution in [2.24, 2.45) is 35.5 Å². The van der Waals surface area contributed by atoms with Gasteiger partial charge in [0.05, 0.1) is 18.5 Å². The molecule has 0 spiro atoms. The Morgan fingerprint density at radius 3 is 2.13 bits per heavy atom. The third-order valence-corrected chi connectivity index (χ3v) is 6.57. The smallest absolute Gasteiger partial charge is 0.235 e. The minimum absolute atomic E-state index is 0.0225. The first-order valence-corrected chi connectivity index (χ1v) is 8.97. The Balaban J connectivity index is 1.36. The number of nitrogens with zero attached hydrogens (tertiary/aromatic N) is 1. The number of carbonyl (C=O) groups is 2. The van der Waals surface area contributed by atoms with Crippen LogP contribution in [0.4, 0.5) is 5.69 Å². The second-order valence-corrected chi connectivity index (χ2v) is 8.02. The molecule has 1 aromatic rings. The lowest BCUT2D eigenvalue weighted by Gasteiger charge is -2.37. The summed E-state index contributed by atoms with van der Waals surface area (Å²) in [5.74, 6) is 1.74. The lowest BCUT2D eigenvalue weighted by molar-refractivity contribution is -0.139. The van der Waals surface area contributed by atoms with Crippen LogP contribution >= 0.6 is 15.9 Å². The highest BCUT2D eigenvalue weighted by molar-refractivity contribution is 9.10. The highest BCUT2D eigenvalue weighted by Crippen LogP contribution is 2.65. The Kier molecular flexibility index (Phi) is 2.81. The standard InChI is InChI=1S/C18H17BrN2O2/c19-9-1-3-10(4-2-9)20-8-21-17(22)15-11-5-6-12(14-7-13(11)14)16(15)18(21)23/h1-6,11-16,20H,7-8H2/t11-,12-,13+,14+,15-,16+/m1/s1. The van der Waals surface area contributed by atoms with Crippen LogP contribution in [0, 0.1) is 35.5 Å². The Morgan fingerprint density at radius 2 is 1.57 bits per heavy atom. The van der Waals surface area contributed by atoms with Crippen molar-refractivity contribution in [3.63, 3.8) is 0 Å². The molecule has 2 bridgehead atoms. The summed E-state index contributed by atoms with van der Waals surface area (Å²) < 4.78 is 1.00. The first-order valence-electron chi connectivity index (χ1n) is 8.18. The number of allylic oxidation sites excluding steroid dienone is 2. The van der Waals surface area contributed by atoms with Crippen LogP contribution in [0.3, 0.4) is 0 Å². The quantitative estimate of drug-likeness (QED) is 0.655. The number of likely N-dealkylation sites (tertiary alicyclic amines) is 1. The summed E-state index contributed by atoms with van der Waals surface area (Å²) in [7, 11) is 0. The molecule has 5 heteroatoms. The topological polar surface area (TPSA) is 49.4 Å². The van der Waals surface area contributed by atoms with E-state index in [1.165, 1.54) is 11.3 Å². The van der Waals surface area contributed by atoms with Crippen LogP contribution in [-0.2, 0) is 9.59 Å². The van der Waals surface area contributed by atoms with E-state index in [1.54, 1.807) is 0 Å². The van der Waals surface area contributed by atoms with Gasteiger partial charge >= 0.3 is 0 Å². The molecule has 1 aliphatic heterocycles. The van der Waals surface area contributed by atoms with Crippen molar-refractivity contribution in [3.8, 4) is 0 Å². The summed E-state index contributed by atoms with van der Waals surface area (Å²) in [4.78, 5) is 27.0. The van der Waals surface area contributed by atoms with E-state index < -0.39 is 0 Å². The van der Waals surface area contributed by atoms with Crippen molar-refractivity contribution < 1.29 is 9.59 Å². The third-order valence-electron chi connectivity index (χ3n) is 6.04. The summed E-state index contributed by atoms with van der Waals surface area (Å²) in [6.45, 7) is 0.265. The average molecular weight is 373 g/mol. The molecule has 23 heavy (non-hydrogen) atoms. The maximum Gasteiger partial charge on any atom is 0.235 e. The molecule has 3 fully saturated rings. The van der Waals surface area contributed by atoms with E-state index in [-0.39, 0.29) is 30.3 Å². The molecule has 4 aliphatic carbocycles. The molecule has 0 unspecified atom stereocenters. The second-order valence-electron chi connectivity index (χ2n) is 7.10. The summed E-state index contributed by atoms with van der Waals surface area (Å²) in [6.07, 6.45) is 5.61. The van der Waals surface area contributed by atoms with E-state index in [1.807, 2.05) is 24.3 Å². The van der Waals surface area contributed by atoms with E-state index in [9.17, 15) is 9.59 Å². The molecule has 6 atom stereocenters. The number of anilines is 1. The summed E-state index contributed by atoms with van der Waals surface area (Å²) in [6, 6.07) is 7.74. The van der Waals surface area contributed by atoms with Gasteiger partial charge < -0.3 is 5.32 Å². The van der Waals surface area contributed by atoms with Gasteiger partial charge in [-0.05, 0) is 54.4 Å². The largest absolute Gasteiger partial charge is 0.367 e. The minimum Gasteiger partial charge on any atom is -0.367 e. The number of carbonyl (C=O) groups excluding carboxylic acids is 2. The molecular weight excluding hydrogens is 356 g/mol. The number of halogens is 1. The van der Waals surface area contributed by atoms with Gasteiger partial charge in [0.1, 0.15) is 0 Å². The predicted octanol–water partition coefficient (Wildman–Crippen LogP) is 2.87. The zero-order chi connectivity index (χ0) is 15.7.